The lowest BCUT2D eigenvalue weighted by Gasteiger charge is -2.30. The molecule has 0 bridgehead atoms. The summed E-state index contributed by atoms with van der Waals surface area (Å²) in [5, 5.41) is 7.39. The highest BCUT2D eigenvalue weighted by Crippen LogP contribution is 2.32. The Morgan fingerprint density at radius 1 is 1.15 bits per heavy atom. The van der Waals surface area contributed by atoms with Crippen LogP contribution in [-0.2, 0) is 31.4 Å². The molecule has 2 aromatic carbocycles. The molecular formula is C25H26N4O5. The SMILES string of the molecule is CC(Oc1ccccc1)C(=O)N1CCc2c(c(C(=O)NCc3ccc4c(c3)OCO4)nn2C)C1. The van der Waals surface area contributed by atoms with Crippen molar-refractivity contribution >= 4 is 11.8 Å². The fourth-order valence-electron chi connectivity index (χ4n) is 4.29. The number of aromatic nitrogens is 2. The number of amides is 2. The summed E-state index contributed by atoms with van der Waals surface area (Å²) >= 11 is 0. The molecule has 5 rings (SSSR count). The maximum Gasteiger partial charge on any atom is 0.272 e. The zero-order chi connectivity index (χ0) is 23.7. The largest absolute Gasteiger partial charge is 0.481 e. The van der Waals surface area contributed by atoms with E-state index in [4.69, 9.17) is 14.2 Å². The zero-order valence-corrected chi connectivity index (χ0v) is 19.1. The number of nitrogens with zero attached hydrogens (tertiary/aromatic N) is 3. The van der Waals surface area contributed by atoms with Crippen LogP contribution >= 0.6 is 0 Å². The first-order chi connectivity index (χ1) is 16.5. The van der Waals surface area contributed by atoms with Crippen molar-refractivity contribution in [1.29, 1.82) is 0 Å². The van der Waals surface area contributed by atoms with Gasteiger partial charge in [-0.25, -0.2) is 0 Å². The van der Waals surface area contributed by atoms with Crippen molar-refractivity contribution in [3.63, 3.8) is 0 Å². The van der Waals surface area contributed by atoms with Crippen LogP contribution in [0.3, 0.4) is 0 Å². The molecule has 9 heteroatoms. The Morgan fingerprint density at radius 3 is 2.76 bits per heavy atom. The first-order valence-corrected chi connectivity index (χ1v) is 11.2. The molecule has 34 heavy (non-hydrogen) atoms. The smallest absolute Gasteiger partial charge is 0.272 e. The topological polar surface area (TPSA) is 94.9 Å². The van der Waals surface area contributed by atoms with Crippen LogP contribution in [0.4, 0.5) is 0 Å². The molecule has 2 aliphatic heterocycles. The lowest BCUT2D eigenvalue weighted by Crippen LogP contribution is -2.43. The number of para-hydroxylation sites is 1. The highest BCUT2D eigenvalue weighted by molar-refractivity contribution is 5.94. The monoisotopic (exact) mass is 462 g/mol. The Balaban J connectivity index is 1.26. The quantitative estimate of drug-likeness (QED) is 0.605. The van der Waals surface area contributed by atoms with Gasteiger partial charge in [-0.1, -0.05) is 24.3 Å². The van der Waals surface area contributed by atoms with Gasteiger partial charge in [0.25, 0.3) is 11.8 Å². The Labute approximate surface area is 197 Å². The number of rotatable bonds is 6. The van der Waals surface area contributed by atoms with E-state index in [1.807, 2.05) is 55.6 Å². The molecule has 2 aliphatic rings. The predicted octanol–water partition coefficient (Wildman–Crippen LogP) is 2.43. The van der Waals surface area contributed by atoms with Gasteiger partial charge >= 0.3 is 0 Å². The van der Waals surface area contributed by atoms with E-state index in [0.717, 1.165) is 16.8 Å². The summed E-state index contributed by atoms with van der Waals surface area (Å²) in [5.41, 5.74) is 2.98. The standard InChI is InChI=1S/C25H26N4O5/c1-16(34-18-6-4-3-5-7-18)25(31)29-11-10-20-19(14-29)23(27-28(20)2)24(30)26-13-17-8-9-21-22(12-17)33-15-32-21/h3-9,12,16H,10-11,13-15H2,1-2H3,(H,26,30). The molecule has 2 amide bonds. The zero-order valence-electron chi connectivity index (χ0n) is 19.1. The minimum atomic E-state index is -0.635. The summed E-state index contributed by atoms with van der Waals surface area (Å²) in [5.74, 6) is 1.61. The van der Waals surface area contributed by atoms with Gasteiger partial charge in [0, 0.05) is 44.4 Å². The summed E-state index contributed by atoms with van der Waals surface area (Å²) in [6, 6.07) is 14.8. The van der Waals surface area contributed by atoms with Gasteiger partial charge < -0.3 is 24.4 Å². The Bertz CT molecular complexity index is 1220. The van der Waals surface area contributed by atoms with E-state index in [1.165, 1.54) is 0 Å². The van der Waals surface area contributed by atoms with Crippen molar-refractivity contribution < 1.29 is 23.8 Å². The minimum Gasteiger partial charge on any atom is -0.481 e. The summed E-state index contributed by atoms with van der Waals surface area (Å²) in [6.45, 7) is 3.14. The number of hydrogen-bond acceptors (Lipinski definition) is 6. The molecule has 3 aromatic rings. The van der Waals surface area contributed by atoms with Gasteiger partial charge in [0.15, 0.2) is 23.3 Å². The number of aryl methyl sites for hydroxylation is 1. The van der Waals surface area contributed by atoms with E-state index in [1.54, 1.807) is 16.5 Å². The molecule has 1 N–H and O–H groups in total. The normalized spacial score (nSPS) is 14.9. The third kappa shape index (κ3) is 4.28. The van der Waals surface area contributed by atoms with Gasteiger partial charge in [-0.3, -0.25) is 14.3 Å². The number of carbonyl (C=O) groups is 2. The maximum atomic E-state index is 13.1. The van der Waals surface area contributed by atoms with Crippen LogP contribution in [0.2, 0.25) is 0 Å². The van der Waals surface area contributed by atoms with Gasteiger partial charge in [0.05, 0.1) is 0 Å². The van der Waals surface area contributed by atoms with Crippen LogP contribution in [0, 0.1) is 0 Å². The molecule has 176 valence electrons. The van der Waals surface area contributed by atoms with Crippen LogP contribution in [0.15, 0.2) is 48.5 Å². The second-order valence-electron chi connectivity index (χ2n) is 8.35. The molecule has 0 fully saturated rings. The van der Waals surface area contributed by atoms with E-state index in [-0.39, 0.29) is 18.6 Å². The fourth-order valence-corrected chi connectivity index (χ4v) is 4.29. The van der Waals surface area contributed by atoms with Crippen LogP contribution < -0.4 is 19.5 Å². The second kappa shape index (κ2) is 9.09. The highest BCUT2D eigenvalue weighted by Gasteiger charge is 2.31. The molecule has 0 aliphatic carbocycles. The summed E-state index contributed by atoms with van der Waals surface area (Å²) in [7, 11) is 1.83. The van der Waals surface area contributed by atoms with Crippen LogP contribution in [0.25, 0.3) is 0 Å². The van der Waals surface area contributed by atoms with Gasteiger partial charge in [0.1, 0.15) is 5.75 Å². The minimum absolute atomic E-state index is 0.120. The molecule has 1 aromatic heterocycles. The Morgan fingerprint density at radius 2 is 1.94 bits per heavy atom. The average molecular weight is 463 g/mol. The van der Waals surface area contributed by atoms with E-state index >= 15 is 0 Å². The molecule has 1 atom stereocenters. The first kappa shape index (κ1) is 21.8. The summed E-state index contributed by atoms with van der Waals surface area (Å²) < 4.78 is 18.3. The molecule has 9 nitrogen and oxygen atoms in total. The summed E-state index contributed by atoms with van der Waals surface area (Å²) in [6.07, 6.45) is -0.0122. The molecule has 1 unspecified atom stereocenters. The van der Waals surface area contributed by atoms with Crippen molar-refractivity contribution in [3.8, 4) is 17.2 Å². The lowest BCUT2D eigenvalue weighted by atomic mass is 10.0. The Hall–Kier alpha value is -4.01. The fraction of sp³-hybridized carbons (Fsp3) is 0.320. The number of benzene rings is 2. The van der Waals surface area contributed by atoms with Gasteiger partial charge in [-0.15, -0.1) is 0 Å². The van der Waals surface area contributed by atoms with E-state index in [9.17, 15) is 9.59 Å². The maximum absolute atomic E-state index is 13.1. The van der Waals surface area contributed by atoms with E-state index in [2.05, 4.69) is 10.4 Å². The number of fused-ring (bicyclic) bond motifs is 2. The van der Waals surface area contributed by atoms with Crippen molar-refractivity contribution in [3.05, 3.63) is 71.0 Å². The third-order valence-electron chi connectivity index (χ3n) is 6.06. The van der Waals surface area contributed by atoms with Crippen molar-refractivity contribution in [2.75, 3.05) is 13.3 Å². The van der Waals surface area contributed by atoms with E-state index < -0.39 is 6.10 Å². The van der Waals surface area contributed by atoms with Crippen LogP contribution in [0.5, 0.6) is 17.2 Å². The van der Waals surface area contributed by atoms with Crippen LogP contribution in [-0.4, -0.2) is 45.9 Å². The van der Waals surface area contributed by atoms with Crippen molar-refractivity contribution in [1.82, 2.24) is 20.0 Å². The highest BCUT2D eigenvalue weighted by atomic mass is 16.7. The third-order valence-corrected chi connectivity index (χ3v) is 6.06. The first-order valence-electron chi connectivity index (χ1n) is 11.2. The Kier molecular flexibility index (Phi) is 5.83. The van der Waals surface area contributed by atoms with Gasteiger partial charge in [-0.05, 0) is 36.8 Å². The lowest BCUT2D eigenvalue weighted by molar-refractivity contribution is -0.138. The number of nitrogens with one attached hydrogen (secondary N) is 1. The molecule has 3 heterocycles. The molecule has 0 saturated heterocycles. The van der Waals surface area contributed by atoms with Gasteiger partial charge in [-0.2, -0.15) is 5.10 Å². The van der Waals surface area contributed by atoms with Gasteiger partial charge in [0.2, 0.25) is 6.79 Å². The predicted molar refractivity (Wildman–Crippen MR) is 123 cm³/mol. The molecule has 0 spiro atoms. The number of carbonyl (C=O) groups excluding carboxylic acids is 2. The summed E-state index contributed by atoms with van der Waals surface area (Å²) in [4.78, 5) is 27.8. The van der Waals surface area contributed by atoms with Crippen molar-refractivity contribution in [2.24, 2.45) is 7.05 Å². The number of ether oxygens (including phenoxy) is 3. The van der Waals surface area contributed by atoms with Crippen molar-refractivity contribution in [2.45, 2.75) is 32.5 Å². The molecule has 0 radical (unpaired) electrons. The van der Waals surface area contributed by atoms with Crippen LogP contribution in [0.1, 0.15) is 34.2 Å². The van der Waals surface area contributed by atoms with E-state index in [0.29, 0.717) is 49.0 Å². The average Bonchev–Trinajstić information content (AvgIpc) is 3.46. The molecule has 0 saturated carbocycles. The molecular weight excluding hydrogens is 436 g/mol. The second-order valence-corrected chi connectivity index (χ2v) is 8.35. The number of hydrogen-bond donors (Lipinski definition) is 1.